The van der Waals surface area contributed by atoms with Crippen molar-refractivity contribution < 1.29 is 23.9 Å². The molecule has 2 aromatic carbocycles. The molecule has 1 aromatic heterocycles. The summed E-state index contributed by atoms with van der Waals surface area (Å²) in [5.74, 6) is -0.845. The van der Waals surface area contributed by atoms with Gasteiger partial charge in [0.1, 0.15) is 24.1 Å². The molecule has 0 spiro atoms. The minimum Gasteiger partial charge on any atom is -0.369 e. The van der Waals surface area contributed by atoms with E-state index in [2.05, 4.69) is 15.1 Å². The Balaban J connectivity index is 1.21. The Morgan fingerprint density at radius 3 is 2.67 bits per heavy atom. The van der Waals surface area contributed by atoms with Crippen LogP contribution >= 0.6 is 0 Å². The van der Waals surface area contributed by atoms with Gasteiger partial charge in [-0.15, -0.1) is 0 Å². The first-order chi connectivity index (χ1) is 20.9. The fourth-order valence-corrected chi connectivity index (χ4v) is 7.25. The Kier molecular flexibility index (Phi) is 8.39. The summed E-state index contributed by atoms with van der Waals surface area (Å²) in [4.78, 5) is 62.2. The first-order valence-corrected chi connectivity index (χ1v) is 15.2. The number of carbonyl (C=O) groups excluding carboxylic acids is 4. The molecule has 2 aliphatic carbocycles. The molecule has 5 atom stereocenters. The number of nitrogens with zero attached hydrogens (tertiary/aromatic N) is 2. The molecule has 2 heterocycles. The van der Waals surface area contributed by atoms with Crippen molar-refractivity contribution in [3.8, 4) is 0 Å². The molecule has 2 saturated carbocycles. The Bertz CT molecular complexity index is 1570. The molecule has 0 bridgehead atoms. The SMILES string of the molecule is [C-]#[N+]c1cccc2[nH]c(C(=O)N3CC4CCCC4C3C(=O)NC(CC3CCCC3=O)C(=O)COCc3ccccc3)cc12. The van der Waals surface area contributed by atoms with Crippen LogP contribution in [0.2, 0.25) is 0 Å². The van der Waals surface area contributed by atoms with Crippen LogP contribution in [-0.2, 0) is 25.7 Å². The van der Waals surface area contributed by atoms with Gasteiger partial charge in [0.2, 0.25) is 5.91 Å². The lowest BCUT2D eigenvalue weighted by Gasteiger charge is -2.29. The van der Waals surface area contributed by atoms with E-state index >= 15 is 0 Å². The van der Waals surface area contributed by atoms with Gasteiger partial charge in [0.25, 0.3) is 5.91 Å². The van der Waals surface area contributed by atoms with Crippen LogP contribution in [-0.4, -0.2) is 58.5 Å². The number of nitrogens with one attached hydrogen (secondary N) is 2. The Labute approximate surface area is 250 Å². The van der Waals surface area contributed by atoms with E-state index in [1.165, 1.54) is 0 Å². The highest BCUT2D eigenvalue weighted by Gasteiger charge is 2.50. The van der Waals surface area contributed by atoms with E-state index in [-0.39, 0.29) is 60.8 Å². The van der Waals surface area contributed by atoms with E-state index < -0.39 is 12.1 Å². The highest BCUT2D eigenvalue weighted by Crippen LogP contribution is 2.43. The second-order valence-corrected chi connectivity index (χ2v) is 12.1. The van der Waals surface area contributed by atoms with E-state index in [9.17, 15) is 19.2 Å². The summed E-state index contributed by atoms with van der Waals surface area (Å²) in [6, 6.07) is 15.0. The van der Waals surface area contributed by atoms with Gasteiger partial charge >= 0.3 is 0 Å². The maximum absolute atomic E-state index is 14.0. The molecule has 3 fully saturated rings. The number of amides is 2. The lowest BCUT2D eigenvalue weighted by molar-refractivity contribution is -0.134. The number of hydrogen-bond acceptors (Lipinski definition) is 5. The number of rotatable bonds is 10. The number of likely N-dealkylation sites (tertiary alicyclic amines) is 1. The normalized spacial score (nSPS) is 23.7. The van der Waals surface area contributed by atoms with E-state index in [4.69, 9.17) is 11.3 Å². The molecule has 6 rings (SSSR count). The van der Waals surface area contributed by atoms with Crippen LogP contribution < -0.4 is 5.32 Å². The topological polar surface area (TPSA) is 113 Å². The molecule has 43 heavy (non-hydrogen) atoms. The molecular formula is C34H36N4O5. The maximum atomic E-state index is 14.0. The number of ketones is 2. The molecule has 1 saturated heterocycles. The lowest BCUT2D eigenvalue weighted by Crippen LogP contribution is -2.53. The predicted molar refractivity (Wildman–Crippen MR) is 160 cm³/mol. The molecule has 0 radical (unpaired) electrons. The molecule has 3 aliphatic rings. The van der Waals surface area contributed by atoms with Crippen molar-refractivity contribution in [3.63, 3.8) is 0 Å². The third kappa shape index (κ3) is 5.98. The Morgan fingerprint density at radius 2 is 1.91 bits per heavy atom. The second-order valence-electron chi connectivity index (χ2n) is 12.1. The molecular weight excluding hydrogens is 544 g/mol. The first-order valence-electron chi connectivity index (χ1n) is 15.2. The van der Waals surface area contributed by atoms with Crippen molar-refractivity contribution in [1.82, 2.24) is 15.2 Å². The third-order valence-corrected chi connectivity index (χ3v) is 9.42. The summed E-state index contributed by atoms with van der Waals surface area (Å²) in [7, 11) is 0. The summed E-state index contributed by atoms with van der Waals surface area (Å²) in [5.41, 5.74) is 2.43. The zero-order valence-electron chi connectivity index (χ0n) is 24.1. The van der Waals surface area contributed by atoms with E-state index in [0.29, 0.717) is 41.7 Å². The summed E-state index contributed by atoms with van der Waals surface area (Å²) in [6.45, 7) is 8.02. The summed E-state index contributed by atoms with van der Waals surface area (Å²) < 4.78 is 5.72. The maximum Gasteiger partial charge on any atom is 0.270 e. The third-order valence-electron chi connectivity index (χ3n) is 9.42. The van der Waals surface area contributed by atoms with Crippen LogP contribution in [0.15, 0.2) is 54.6 Å². The molecule has 2 amide bonds. The quantitative estimate of drug-likeness (QED) is 0.328. The summed E-state index contributed by atoms with van der Waals surface area (Å²) >= 11 is 0. The van der Waals surface area contributed by atoms with Crippen molar-refractivity contribution >= 4 is 40.0 Å². The van der Waals surface area contributed by atoms with Gasteiger partial charge in [-0.25, -0.2) is 4.85 Å². The van der Waals surface area contributed by atoms with Gasteiger partial charge < -0.3 is 19.9 Å². The van der Waals surface area contributed by atoms with Crippen molar-refractivity contribution in [2.75, 3.05) is 13.2 Å². The van der Waals surface area contributed by atoms with Gasteiger partial charge in [-0.05, 0) is 61.6 Å². The van der Waals surface area contributed by atoms with Gasteiger partial charge in [-0.2, -0.15) is 0 Å². The minimum atomic E-state index is -0.873. The van der Waals surface area contributed by atoms with Gasteiger partial charge in [0, 0.05) is 29.8 Å². The highest BCUT2D eigenvalue weighted by atomic mass is 16.5. The number of carbonyl (C=O) groups is 4. The van der Waals surface area contributed by atoms with Crippen LogP contribution in [0, 0.1) is 24.3 Å². The van der Waals surface area contributed by atoms with Gasteiger partial charge in [-0.3, -0.25) is 19.2 Å². The molecule has 2 N–H and O–H groups in total. The minimum absolute atomic E-state index is 0.00493. The number of fused-ring (bicyclic) bond motifs is 2. The van der Waals surface area contributed by atoms with Crippen LogP contribution in [0.25, 0.3) is 15.7 Å². The van der Waals surface area contributed by atoms with Crippen LogP contribution in [0.3, 0.4) is 0 Å². The number of H-pyrrole nitrogens is 1. The van der Waals surface area contributed by atoms with Gasteiger partial charge in [-0.1, -0.05) is 48.9 Å². The van der Waals surface area contributed by atoms with E-state index in [1.807, 2.05) is 36.4 Å². The molecule has 1 aliphatic heterocycles. The summed E-state index contributed by atoms with van der Waals surface area (Å²) in [5, 5.41) is 3.65. The Hall–Kier alpha value is -4.29. The average molecular weight is 581 g/mol. The zero-order chi connectivity index (χ0) is 29.9. The van der Waals surface area contributed by atoms with Crippen LogP contribution in [0.4, 0.5) is 5.69 Å². The first kappa shape index (κ1) is 28.8. The monoisotopic (exact) mass is 580 g/mol. The Morgan fingerprint density at radius 1 is 1.07 bits per heavy atom. The highest BCUT2D eigenvalue weighted by molar-refractivity contribution is 6.04. The zero-order valence-corrected chi connectivity index (χ0v) is 24.1. The molecule has 9 nitrogen and oxygen atoms in total. The van der Waals surface area contributed by atoms with Crippen molar-refractivity contribution in [3.05, 3.63) is 77.3 Å². The number of benzene rings is 2. The van der Waals surface area contributed by atoms with Crippen molar-refractivity contribution in [2.24, 2.45) is 17.8 Å². The molecule has 3 aromatic rings. The fourth-order valence-electron chi connectivity index (χ4n) is 7.25. The standard InChI is InChI=1S/C34H36N4O5/c1-35-26-13-7-14-27-25(26)17-29(36-27)34(42)38-18-23-11-5-12-24(23)32(38)33(41)37-28(16-22-10-6-15-30(22)39)31(40)20-43-19-21-8-3-2-4-9-21/h2-4,7-9,13-14,17,22-24,28,32,36H,5-6,10-12,15-16,18-20H2,(H,37,41). The van der Waals surface area contributed by atoms with Gasteiger partial charge in [0.05, 0.1) is 19.2 Å². The van der Waals surface area contributed by atoms with E-state index in [0.717, 1.165) is 31.2 Å². The molecule has 222 valence electrons. The number of aromatic amines is 1. The lowest BCUT2D eigenvalue weighted by atomic mass is 9.91. The van der Waals surface area contributed by atoms with E-state index in [1.54, 1.807) is 23.1 Å². The summed E-state index contributed by atoms with van der Waals surface area (Å²) in [6.07, 6.45) is 5.01. The fraction of sp³-hybridized carbons (Fsp3) is 0.441. The van der Waals surface area contributed by atoms with Crippen LogP contribution in [0.1, 0.15) is 61.0 Å². The molecule has 9 heteroatoms. The average Bonchev–Trinajstić information content (AvgIpc) is 3.81. The smallest absolute Gasteiger partial charge is 0.270 e. The number of ether oxygens (including phenoxy) is 1. The van der Waals surface area contributed by atoms with Crippen LogP contribution in [0.5, 0.6) is 0 Å². The number of hydrogen-bond donors (Lipinski definition) is 2. The predicted octanol–water partition coefficient (Wildman–Crippen LogP) is 4.99. The second kappa shape index (κ2) is 12.5. The van der Waals surface area contributed by atoms with Gasteiger partial charge in [0.15, 0.2) is 11.5 Å². The number of Topliss-reactive ketones (excluding diaryl/α,β-unsaturated/α-hetero) is 2. The largest absolute Gasteiger partial charge is 0.369 e. The number of aromatic nitrogens is 1. The van der Waals surface area contributed by atoms with Crippen molar-refractivity contribution in [1.29, 1.82) is 0 Å². The molecule has 5 unspecified atom stereocenters. The van der Waals surface area contributed by atoms with Crippen molar-refractivity contribution in [2.45, 2.75) is 63.6 Å².